The fraction of sp³-hybridized carbons (Fsp3) is 0.333. The maximum atomic E-state index is 12.1. The zero-order valence-corrected chi connectivity index (χ0v) is 13.3. The van der Waals surface area contributed by atoms with E-state index in [-0.39, 0.29) is 24.2 Å². The molecule has 114 valence electrons. The van der Waals surface area contributed by atoms with Crippen LogP contribution in [0.5, 0.6) is 0 Å². The smallest absolute Gasteiger partial charge is 0.229 e. The third kappa shape index (κ3) is 4.06. The quantitative estimate of drug-likeness (QED) is 0.891. The Kier molecular flexibility index (Phi) is 6.39. The van der Waals surface area contributed by atoms with E-state index in [1.807, 2.05) is 45.2 Å². The lowest BCUT2D eigenvalue weighted by atomic mass is 10.1. The molecular weight excluding hydrogens is 288 g/mol. The highest BCUT2D eigenvalue weighted by Crippen LogP contribution is 2.18. The van der Waals surface area contributed by atoms with E-state index < -0.39 is 0 Å². The number of para-hydroxylation sites is 1. The highest BCUT2D eigenvalue weighted by Gasteiger charge is 2.15. The van der Waals surface area contributed by atoms with Gasteiger partial charge in [-0.05, 0) is 25.6 Å². The van der Waals surface area contributed by atoms with E-state index in [0.29, 0.717) is 12.4 Å². The van der Waals surface area contributed by atoms with Crippen LogP contribution in [-0.4, -0.2) is 29.3 Å². The van der Waals surface area contributed by atoms with Crippen LogP contribution in [-0.2, 0) is 4.79 Å². The third-order valence-corrected chi connectivity index (χ3v) is 3.20. The Morgan fingerprint density at radius 3 is 2.71 bits per heavy atom. The van der Waals surface area contributed by atoms with Crippen LogP contribution in [0.2, 0.25) is 0 Å². The standard InChI is InChI=1S/C15H20N4O.ClH/c1-11-6-4-5-7-13(11)19-14(8-9-17-19)18-15(20)12(2)10-16-3;/h4-9,12,16H,10H2,1-3H3,(H,18,20);1H. The topological polar surface area (TPSA) is 59.0 Å². The maximum absolute atomic E-state index is 12.1. The van der Waals surface area contributed by atoms with E-state index in [4.69, 9.17) is 0 Å². The minimum atomic E-state index is -0.0970. The van der Waals surface area contributed by atoms with Gasteiger partial charge in [0.05, 0.1) is 11.9 Å². The Labute approximate surface area is 131 Å². The molecule has 2 N–H and O–H groups in total. The number of carbonyl (C=O) groups is 1. The molecule has 1 amide bonds. The first kappa shape index (κ1) is 17.2. The number of nitrogens with one attached hydrogen (secondary N) is 2. The van der Waals surface area contributed by atoms with E-state index in [2.05, 4.69) is 15.7 Å². The molecule has 0 bridgehead atoms. The van der Waals surface area contributed by atoms with Crippen LogP contribution in [0.4, 0.5) is 5.82 Å². The summed E-state index contributed by atoms with van der Waals surface area (Å²) in [4.78, 5) is 12.1. The molecule has 0 saturated heterocycles. The Morgan fingerprint density at radius 2 is 2.05 bits per heavy atom. The van der Waals surface area contributed by atoms with E-state index >= 15 is 0 Å². The van der Waals surface area contributed by atoms with Gasteiger partial charge in [-0.2, -0.15) is 5.10 Å². The van der Waals surface area contributed by atoms with Crippen molar-refractivity contribution < 1.29 is 4.79 Å². The zero-order valence-electron chi connectivity index (χ0n) is 12.5. The van der Waals surface area contributed by atoms with E-state index in [0.717, 1.165) is 11.3 Å². The number of amides is 1. The first-order valence-corrected chi connectivity index (χ1v) is 6.69. The highest BCUT2D eigenvalue weighted by atomic mass is 35.5. The van der Waals surface area contributed by atoms with Gasteiger partial charge in [-0.15, -0.1) is 12.4 Å². The van der Waals surface area contributed by atoms with Crippen molar-refractivity contribution in [2.75, 3.05) is 18.9 Å². The lowest BCUT2D eigenvalue weighted by Gasteiger charge is -2.14. The van der Waals surface area contributed by atoms with Gasteiger partial charge in [-0.3, -0.25) is 4.79 Å². The SMILES string of the molecule is CNCC(C)C(=O)Nc1ccnn1-c1ccccc1C.Cl. The Bertz CT molecular complexity index is 597. The maximum Gasteiger partial charge on any atom is 0.229 e. The molecule has 0 spiro atoms. The second-order valence-corrected chi connectivity index (χ2v) is 4.86. The molecule has 5 nitrogen and oxygen atoms in total. The number of benzene rings is 1. The summed E-state index contributed by atoms with van der Waals surface area (Å²) in [7, 11) is 1.83. The summed E-state index contributed by atoms with van der Waals surface area (Å²) < 4.78 is 1.75. The monoisotopic (exact) mass is 308 g/mol. The molecule has 1 unspecified atom stereocenters. The van der Waals surface area contributed by atoms with Gasteiger partial charge in [0, 0.05) is 18.5 Å². The van der Waals surface area contributed by atoms with Crippen molar-refractivity contribution >= 4 is 24.1 Å². The molecule has 21 heavy (non-hydrogen) atoms. The largest absolute Gasteiger partial charge is 0.319 e. The number of aromatic nitrogens is 2. The molecule has 0 aliphatic heterocycles. The van der Waals surface area contributed by atoms with Gasteiger partial charge in [0.1, 0.15) is 5.82 Å². The van der Waals surface area contributed by atoms with Crippen molar-refractivity contribution in [1.82, 2.24) is 15.1 Å². The summed E-state index contributed by atoms with van der Waals surface area (Å²) in [5, 5.41) is 10.2. The number of halogens is 1. The van der Waals surface area contributed by atoms with Crippen LogP contribution in [0.1, 0.15) is 12.5 Å². The molecule has 0 fully saturated rings. The Hall–Kier alpha value is -1.85. The summed E-state index contributed by atoms with van der Waals surface area (Å²) in [6, 6.07) is 9.74. The number of anilines is 1. The van der Waals surface area contributed by atoms with Crippen molar-refractivity contribution in [2.24, 2.45) is 5.92 Å². The minimum Gasteiger partial charge on any atom is -0.319 e. The summed E-state index contributed by atoms with van der Waals surface area (Å²) in [6.07, 6.45) is 1.69. The molecule has 6 heteroatoms. The van der Waals surface area contributed by atoms with Crippen molar-refractivity contribution in [3.63, 3.8) is 0 Å². The van der Waals surface area contributed by atoms with Crippen molar-refractivity contribution in [3.05, 3.63) is 42.1 Å². The molecule has 2 aromatic rings. The van der Waals surface area contributed by atoms with E-state index in [9.17, 15) is 4.79 Å². The number of aryl methyl sites for hydroxylation is 1. The van der Waals surface area contributed by atoms with Gasteiger partial charge in [0.15, 0.2) is 0 Å². The van der Waals surface area contributed by atoms with Crippen molar-refractivity contribution in [1.29, 1.82) is 0 Å². The third-order valence-electron chi connectivity index (χ3n) is 3.20. The fourth-order valence-electron chi connectivity index (χ4n) is 2.04. The lowest BCUT2D eigenvalue weighted by Crippen LogP contribution is -2.29. The number of hydrogen-bond donors (Lipinski definition) is 2. The van der Waals surface area contributed by atoms with Crippen LogP contribution in [0.15, 0.2) is 36.5 Å². The fourth-order valence-corrected chi connectivity index (χ4v) is 2.04. The molecule has 1 aromatic heterocycles. The first-order chi connectivity index (χ1) is 9.63. The second-order valence-electron chi connectivity index (χ2n) is 4.86. The summed E-state index contributed by atoms with van der Waals surface area (Å²) in [5.74, 6) is 0.571. The van der Waals surface area contributed by atoms with Crippen LogP contribution < -0.4 is 10.6 Å². The zero-order chi connectivity index (χ0) is 14.5. The minimum absolute atomic E-state index is 0. The van der Waals surface area contributed by atoms with Crippen LogP contribution in [0, 0.1) is 12.8 Å². The van der Waals surface area contributed by atoms with Gasteiger partial charge in [-0.1, -0.05) is 25.1 Å². The van der Waals surface area contributed by atoms with Crippen LogP contribution in [0.3, 0.4) is 0 Å². The average Bonchev–Trinajstić information content (AvgIpc) is 2.87. The molecule has 0 aliphatic rings. The predicted molar refractivity (Wildman–Crippen MR) is 87.3 cm³/mol. The molecule has 0 radical (unpaired) electrons. The van der Waals surface area contributed by atoms with Crippen LogP contribution in [0.25, 0.3) is 5.69 Å². The van der Waals surface area contributed by atoms with Gasteiger partial charge in [0.2, 0.25) is 5.91 Å². The van der Waals surface area contributed by atoms with Crippen LogP contribution >= 0.6 is 12.4 Å². The lowest BCUT2D eigenvalue weighted by molar-refractivity contribution is -0.119. The molecule has 1 atom stereocenters. The highest BCUT2D eigenvalue weighted by molar-refractivity contribution is 5.91. The number of nitrogens with zero attached hydrogens (tertiary/aromatic N) is 2. The molecular formula is C15H21ClN4O. The summed E-state index contributed by atoms with van der Waals surface area (Å²) in [6.45, 7) is 4.55. The summed E-state index contributed by atoms with van der Waals surface area (Å²) in [5.41, 5.74) is 2.07. The van der Waals surface area contributed by atoms with Gasteiger partial charge >= 0.3 is 0 Å². The second kappa shape index (κ2) is 7.81. The number of hydrogen-bond acceptors (Lipinski definition) is 3. The predicted octanol–water partition coefficient (Wildman–Crippen LogP) is 2.40. The van der Waals surface area contributed by atoms with E-state index in [1.165, 1.54) is 0 Å². The van der Waals surface area contributed by atoms with Gasteiger partial charge < -0.3 is 10.6 Å². The van der Waals surface area contributed by atoms with E-state index in [1.54, 1.807) is 16.9 Å². The molecule has 1 aromatic carbocycles. The molecule has 0 aliphatic carbocycles. The average molecular weight is 309 g/mol. The Morgan fingerprint density at radius 1 is 1.33 bits per heavy atom. The summed E-state index contributed by atoms with van der Waals surface area (Å²) >= 11 is 0. The molecule has 2 rings (SSSR count). The van der Waals surface area contributed by atoms with Crippen molar-refractivity contribution in [3.8, 4) is 5.69 Å². The van der Waals surface area contributed by atoms with Crippen molar-refractivity contribution in [2.45, 2.75) is 13.8 Å². The molecule has 0 saturated carbocycles. The van der Waals surface area contributed by atoms with Gasteiger partial charge in [-0.25, -0.2) is 4.68 Å². The molecule has 1 heterocycles. The normalized spacial score (nSPS) is 11.6. The van der Waals surface area contributed by atoms with Gasteiger partial charge in [0.25, 0.3) is 0 Å². The number of carbonyl (C=O) groups excluding carboxylic acids is 1. The first-order valence-electron chi connectivity index (χ1n) is 6.69. The number of rotatable bonds is 5. The Balaban J connectivity index is 0.00000220.